The minimum absolute atomic E-state index is 0. The Labute approximate surface area is 138 Å². The summed E-state index contributed by atoms with van der Waals surface area (Å²) in [6.07, 6.45) is 9.66. The van der Waals surface area contributed by atoms with Crippen molar-refractivity contribution in [1.29, 1.82) is 0 Å². The Hall–Kier alpha value is 0.627. The van der Waals surface area contributed by atoms with E-state index in [9.17, 15) is 0 Å². The largest absolute Gasteiger partial charge is 1.00 e. The van der Waals surface area contributed by atoms with E-state index in [1.165, 1.54) is 12.8 Å². The minimum Gasteiger partial charge on any atom is -1.00 e. The van der Waals surface area contributed by atoms with Gasteiger partial charge in [-0.3, -0.25) is 0 Å². The third kappa shape index (κ3) is 4.06. The van der Waals surface area contributed by atoms with E-state index in [0.29, 0.717) is 0 Å². The Bertz CT molecular complexity index is 518. The minimum atomic E-state index is -1.64. The summed E-state index contributed by atoms with van der Waals surface area (Å²) in [7, 11) is 0. The molecule has 0 nitrogen and oxygen atoms in total. The molecule has 0 aliphatic heterocycles. The summed E-state index contributed by atoms with van der Waals surface area (Å²) in [6.45, 7) is 12.1. The number of allylic oxidation sites excluding steroid dienone is 8. The quantitative estimate of drug-likeness (QED) is 0.433. The summed E-state index contributed by atoms with van der Waals surface area (Å²) in [5.74, 6) is 0. The van der Waals surface area contributed by atoms with Crippen LogP contribution in [-0.2, 0) is 20.1 Å². The van der Waals surface area contributed by atoms with Gasteiger partial charge in [0.2, 0.25) is 0 Å². The van der Waals surface area contributed by atoms with Crippen LogP contribution in [0.25, 0.3) is 0 Å². The second-order valence-electron chi connectivity index (χ2n) is 5.38. The van der Waals surface area contributed by atoms with Gasteiger partial charge < -0.3 is 24.8 Å². The third-order valence-corrected chi connectivity index (χ3v) is 28.7. The molecule has 2 aliphatic rings. The van der Waals surface area contributed by atoms with Crippen LogP contribution >= 0.6 is 0 Å². The number of hydrogen-bond acceptors (Lipinski definition) is 0. The molecule has 0 aromatic heterocycles. The molecule has 19 heavy (non-hydrogen) atoms. The van der Waals surface area contributed by atoms with Gasteiger partial charge in [0.05, 0.1) is 0 Å². The van der Waals surface area contributed by atoms with Gasteiger partial charge in [-0.25, -0.2) is 0 Å². The molecule has 4 heteroatoms. The molecule has 0 heterocycles. The molecule has 0 saturated heterocycles. The van der Waals surface area contributed by atoms with Gasteiger partial charge in [-0.15, -0.1) is 0 Å². The van der Waals surface area contributed by atoms with Gasteiger partial charge in [0.1, 0.15) is 0 Å². The second kappa shape index (κ2) is 8.16. The van der Waals surface area contributed by atoms with E-state index in [1.54, 1.807) is 16.7 Å². The Morgan fingerprint density at radius 1 is 1.05 bits per heavy atom. The first-order chi connectivity index (χ1) is 8.02. The van der Waals surface area contributed by atoms with Gasteiger partial charge in [0, 0.05) is 0 Å². The van der Waals surface area contributed by atoms with Gasteiger partial charge in [0.25, 0.3) is 0 Å². The molecule has 104 valence electrons. The zero-order chi connectivity index (χ0) is 12.6. The summed E-state index contributed by atoms with van der Waals surface area (Å²) in [6, 6.07) is 0. The molecule has 0 aromatic carbocycles. The predicted octanol–water partition coefficient (Wildman–Crippen LogP) is -1.28. The topological polar surface area (TPSA) is 0 Å². The Morgan fingerprint density at radius 3 is 2.05 bits per heavy atom. The van der Waals surface area contributed by atoms with Gasteiger partial charge in [-0.05, 0) is 0 Å². The van der Waals surface area contributed by atoms with Crippen LogP contribution in [0.15, 0.2) is 41.6 Å². The van der Waals surface area contributed by atoms with Gasteiger partial charge in [-0.1, -0.05) is 0 Å². The van der Waals surface area contributed by atoms with E-state index in [-0.39, 0.29) is 30.3 Å². The normalized spacial score (nSPS) is 16.7. The molecule has 0 aromatic rings. The SMILES string of the molecule is CC1=C(C)C(C)=[C]([Hf+2]([C]2=CC=CC2)=[Si](C)C)C1.[Cl-].[Cl-]. The molecule has 0 spiro atoms. The van der Waals surface area contributed by atoms with Crippen molar-refractivity contribution in [3.05, 3.63) is 41.6 Å². The van der Waals surface area contributed by atoms with E-state index in [0.717, 1.165) is 0 Å². The third-order valence-electron chi connectivity index (χ3n) is 3.99. The van der Waals surface area contributed by atoms with Crippen LogP contribution in [0, 0.1) is 0 Å². The molecule has 2 rings (SSSR count). The maximum Gasteiger partial charge on any atom is -1.00 e. The number of hydrogen-bond donors (Lipinski definition) is 0. The van der Waals surface area contributed by atoms with E-state index in [2.05, 4.69) is 52.1 Å². The van der Waals surface area contributed by atoms with Crippen LogP contribution in [0.4, 0.5) is 0 Å². The molecule has 0 atom stereocenters. The maximum atomic E-state index is 2.55. The fraction of sp³-hybridized carbons (Fsp3) is 0.467. The summed E-state index contributed by atoms with van der Waals surface area (Å²) in [4.78, 5) is 0. The fourth-order valence-electron chi connectivity index (χ4n) is 2.80. The summed E-state index contributed by atoms with van der Waals surface area (Å²) < 4.78 is 3.80. The molecule has 0 N–H and O–H groups in total. The maximum absolute atomic E-state index is 2.55. The molecule has 0 amide bonds. The molecule has 0 fully saturated rings. The van der Waals surface area contributed by atoms with E-state index < -0.39 is 20.1 Å². The average molecular weight is 480 g/mol. The van der Waals surface area contributed by atoms with Gasteiger partial charge >= 0.3 is 114 Å². The Balaban J connectivity index is 0.00000162. The molecular formula is C15H22Cl2HfSi. The first-order valence-corrected chi connectivity index (χ1v) is 17.9. The first-order valence-electron chi connectivity index (χ1n) is 6.42. The number of rotatable bonds is 2. The van der Waals surface area contributed by atoms with Gasteiger partial charge in [0.15, 0.2) is 0 Å². The van der Waals surface area contributed by atoms with Gasteiger partial charge in [-0.2, -0.15) is 0 Å². The van der Waals surface area contributed by atoms with Crippen molar-refractivity contribution >= 4 is 5.49 Å². The molecule has 0 saturated carbocycles. The first kappa shape index (κ1) is 19.6. The fourth-order valence-corrected chi connectivity index (χ4v) is 28.4. The molecular weight excluding hydrogens is 458 g/mol. The van der Waals surface area contributed by atoms with Crippen LogP contribution in [0.1, 0.15) is 33.6 Å². The Kier molecular flexibility index (Phi) is 8.43. The monoisotopic (exact) mass is 480 g/mol. The summed E-state index contributed by atoms with van der Waals surface area (Å²) in [5.41, 5.74) is 4.80. The van der Waals surface area contributed by atoms with Crippen molar-refractivity contribution in [2.45, 2.75) is 46.7 Å². The van der Waals surface area contributed by atoms with Crippen LogP contribution in [0.5, 0.6) is 0 Å². The molecule has 0 unspecified atom stereocenters. The standard InChI is InChI=1S/C8H11.C5H5.C2H6Si.2ClH.Hf/c1-6-4-5-7(2)8(6)3;1-2-4-5-3-1;1-3-2;;;/h4H2,1-3H3;1-3H,4H2;1-2H3;2*1H;/q;;;;;+2/p-2. The van der Waals surface area contributed by atoms with E-state index in [4.69, 9.17) is 0 Å². The van der Waals surface area contributed by atoms with Crippen LogP contribution < -0.4 is 24.8 Å². The van der Waals surface area contributed by atoms with Crippen molar-refractivity contribution in [3.63, 3.8) is 0 Å². The van der Waals surface area contributed by atoms with Crippen LogP contribution in [0.3, 0.4) is 0 Å². The van der Waals surface area contributed by atoms with E-state index >= 15 is 0 Å². The van der Waals surface area contributed by atoms with Crippen LogP contribution in [-0.4, -0.2) is 5.49 Å². The smallest absolute Gasteiger partial charge is 1.00 e. The summed E-state index contributed by atoms with van der Waals surface area (Å²) >= 11 is -1.64. The van der Waals surface area contributed by atoms with E-state index in [1.807, 2.05) is 6.66 Å². The number of halogens is 2. The molecule has 2 aliphatic carbocycles. The Morgan fingerprint density at radius 2 is 1.68 bits per heavy atom. The van der Waals surface area contributed by atoms with Crippen molar-refractivity contribution in [1.82, 2.24) is 0 Å². The zero-order valence-electron chi connectivity index (χ0n) is 12.4. The van der Waals surface area contributed by atoms with Crippen LogP contribution in [0.2, 0.25) is 13.1 Å². The second-order valence-corrected chi connectivity index (χ2v) is 29.4. The predicted molar refractivity (Wildman–Crippen MR) is 75.0 cm³/mol. The summed E-state index contributed by atoms with van der Waals surface area (Å²) in [5, 5.41) is 0. The zero-order valence-corrected chi connectivity index (χ0v) is 18.5. The van der Waals surface area contributed by atoms with Crippen molar-refractivity contribution < 1.29 is 44.9 Å². The molecule has 0 radical (unpaired) electrons. The average Bonchev–Trinajstić information content (AvgIpc) is 2.85. The van der Waals surface area contributed by atoms with Crippen molar-refractivity contribution in [2.75, 3.05) is 0 Å². The van der Waals surface area contributed by atoms with Crippen molar-refractivity contribution in [2.24, 2.45) is 0 Å². The molecule has 0 bridgehead atoms. The van der Waals surface area contributed by atoms with Crippen molar-refractivity contribution in [3.8, 4) is 0 Å².